The van der Waals surface area contributed by atoms with Gasteiger partial charge in [-0.05, 0) is 31.2 Å². The van der Waals surface area contributed by atoms with Gasteiger partial charge in [-0.2, -0.15) is 0 Å². The maximum Gasteiger partial charge on any atom is 0.326 e. The number of piperidine rings is 1. The zero-order valence-corrected chi connectivity index (χ0v) is 11.9. The molecule has 0 radical (unpaired) electrons. The number of rotatable bonds is 2. The molecule has 1 fully saturated rings. The van der Waals surface area contributed by atoms with Crippen LogP contribution in [0.15, 0.2) is 18.2 Å². The topological polar surface area (TPSA) is 101 Å². The third-order valence-corrected chi connectivity index (χ3v) is 4.53. The molecule has 2 heterocycles. The minimum absolute atomic E-state index is 0.0181. The van der Waals surface area contributed by atoms with Crippen molar-refractivity contribution in [2.45, 2.75) is 44.2 Å². The molecule has 0 bridgehead atoms. The van der Waals surface area contributed by atoms with Crippen LogP contribution in [0.25, 0.3) is 0 Å². The van der Waals surface area contributed by atoms with Gasteiger partial charge in [0.25, 0.3) is 5.69 Å². The van der Waals surface area contributed by atoms with Crippen molar-refractivity contribution in [2.24, 2.45) is 0 Å². The Balaban J connectivity index is 2.12. The molecule has 2 aliphatic heterocycles. The fourth-order valence-corrected chi connectivity index (χ4v) is 3.60. The molecule has 2 unspecified atom stereocenters. The number of carboxylic acids is 1. The molecule has 116 valence electrons. The zero-order chi connectivity index (χ0) is 15.9. The number of nitrogens with zero attached hydrogens (tertiary/aromatic N) is 2. The summed E-state index contributed by atoms with van der Waals surface area (Å²) in [5.41, 5.74) is 1.31. The van der Waals surface area contributed by atoms with Crippen molar-refractivity contribution in [1.29, 1.82) is 0 Å². The first-order valence-electron chi connectivity index (χ1n) is 7.31. The number of nitro benzene ring substituents is 1. The van der Waals surface area contributed by atoms with Gasteiger partial charge in [-0.15, -0.1) is 0 Å². The molecule has 3 rings (SSSR count). The number of amides is 1. The fraction of sp³-hybridized carbons (Fsp3) is 0.467. The molecule has 1 N–H and O–H groups in total. The highest BCUT2D eigenvalue weighted by molar-refractivity contribution is 5.85. The number of hydrogen-bond donors (Lipinski definition) is 1. The monoisotopic (exact) mass is 304 g/mol. The van der Waals surface area contributed by atoms with Gasteiger partial charge >= 0.3 is 5.97 Å². The van der Waals surface area contributed by atoms with Gasteiger partial charge in [0, 0.05) is 18.1 Å². The van der Waals surface area contributed by atoms with Crippen LogP contribution in [-0.4, -0.2) is 32.8 Å². The highest BCUT2D eigenvalue weighted by Crippen LogP contribution is 2.41. The Kier molecular flexibility index (Phi) is 3.56. The van der Waals surface area contributed by atoms with E-state index in [-0.39, 0.29) is 30.5 Å². The molecule has 1 aromatic rings. The Labute approximate surface area is 126 Å². The molecule has 2 atom stereocenters. The van der Waals surface area contributed by atoms with Crippen LogP contribution in [0, 0.1) is 10.1 Å². The lowest BCUT2D eigenvalue weighted by molar-refractivity contribution is -0.385. The van der Waals surface area contributed by atoms with Crippen LogP contribution in [0.2, 0.25) is 0 Å². The molecular formula is C15H16N2O5. The van der Waals surface area contributed by atoms with Crippen molar-refractivity contribution in [3.63, 3.8) is 0 Å². The predicted molar refractivity (Wildman–Crippen MR) is 76.3 cm³/mol. The fourth-order valence-electron chi connectivity index (χ4n) is 3.60. The third kappa shape index (κ3) is 2.22. The van der Waals surface area contributed by atoms with Gasteiger partial charge in [0.15, 0.2) is 0 Å². The number of benzene rings is 1. The number of aliphatic carboxylic acids is 1. The minimum Gasteiger partial charge on any atom is -0.480 e. The maximum absolute atomic E-state index is 12.4. The molecule has 0 aromatic heterocycles. The van der Waals surface area contributed by atoms with E-state index in [0.717, 1.165) is 5.56 Å². The summed E-state index contributed by atoms with van der Waals surface area (Å²) in [5.74, 6) is -1.24. The Morgan fingerprint density at radius 2 is 2.09 bits per heavy atom. The van der Waals surface area contributed by atoms with Crippen LogP contribution in [-0.2, 0) is 16.0 Å². The number of fused-ring (bicyclic) bond motifs is 3. The van der Waals surface area contributed by atoms with Gasteiger partial charge in [-0.1, -0.05) is 12.1 Å². The molecule has 0 saturated carbocycles. The summed E-state index contributed by atoms with van der Waals surface area (Å²) in [4.78, 5) is 36.1. The molecule has 2 aliphatic rings. The van der Waals surface area contributed by atoms with Crippen molar-refractivity contribution in [3.8, 4) is 0 Å². The van der Waals surface area contributed by atoms with E-state index in [4.69, 9.17) is 0 Å². The lowest BCUT2D eigenvalue weighted by Gasteiger charge is -2.39. The highest BCUT2D eigenvalue weighted by Gasteiger charge is 2.42. The Morgan fingerprint density at radius 3 is 2.77 bits per heavy atom. The van der Waals surface area contributed by atoms with Gasteiger partial charge in [0.1, 0.15) is 6.04 Å². The second-order valence-electron chi connectivity index (χ2n) is 5.70. The van der Waals surface area contributed by atoms with E-state index in [0.29, 0.717) is 24.8 Å². The highest BCUT2D eigenvalue weighted by atomic mass is 16.6. The van der Waals surface area contributed by atoms with Crippen LogP contribution in [0.3, 0.4) is 0 Å². The van der Waals surface area contributed by atoms with Gasteiger partial charge < -0.3 is 10.0 Å². The van der Waals surface area contributed by atoms with Gasteiger partial charge in [0.2, 0.25) is 5.91 Å². The number of carbonyl (C=O) groups is 2. The van der Waals surface area contributed by atoms with E-state index in [1.165, 1.54) is 11.0 Å². The Bertz CT molecular complexity index is 657. The van der Waals surface area contributed by atoms with Crippen molar-refractivity contribution >= 4 is 17.6 Å². The van der Waals surface area contributed by atoms with Crippen molar-refractivity contribution in [3.05, 3.63) is 39.4 Å². The van der Waals surface area contributed by atoms with E-state index in [1.807, 2.05) is 0 Å². The molecule has 0 aliphatic carbocycles. The van der Waals surface area contributed by atoms with Crippen LogP contribution in [0.1, 0.15) is 42.9 Å². The SMILES string of the molecule is O=C(O)C1CCCC2c3cccc([N+](=O)[O-])c3CCC(=O)N12. The molecule has 0 spiro atoms. The summed E-state index contributed by atoms with van der Waals surface area (Å²) in [5, 5.41) is 20.6. The summed E-state index contributed by atoms with van der Waals surface area (Å²) in [7, 11) is 0. The van der Waals surface area contributed by atoms with Gasteiger partial charge in [0.05, 0.1) is 11.0 Å². The summed E-state index contributed by atoms with van der Waals surface area (Å²) in [6.07, 6.45) is 2.15. The lowest BCUT2D eigenvalue weighted by Crippen LogP contribution is -2.49. The summed E-state index contributed by atoms with van der Waals surface area (Å²) in [6, 6.07) is 3.62. The van der Waals surface area contributed by atoms with E-state index in [1.54, 1.807) is 12.1 Å². The zero-order valence-electron chi connectivity index (χ0n) is 11.9. The summed E-state index contributed by atoms with van der Waals surface area (Å²) >= 11 is 0. The second kappa shape index (κ2) is 5.40. The smallest absolute Gasteiger partial charge is 0.326 e. The van der Waals surface area contributed by atoms with Gasteiger partial charge in [-0.25, -0.2) is 4.79 Å². The first kappa shape index (κ1) is 14.5. The maximum atomic E-state index is 12.4. The van der Waals surface area contributed by atoms with Crippen molar-refractivity contribution < 1.29 is 19.6 Å². The lowest BCUT2D eigenvalue weighted by atomic mass is 9.88. The molecule has 7 heteroatoms. The number of carbonyl (C=O) groups excluding carboxylic acids is 1. The first-order chi connectivity index (χ1) is 10.5. The second-order valence-corrected chi connectivity index (χ2v) is 5.70. The van der Waals surface area contributed by atoms with E-state index < -0.39 is 16.9 Å². The molecule has 7 nitrogen and oxygen atoms in total. The van der Waals surface area contributed by atoms with Crippen LogP contribution < -0.4 is 0 Å². The quantitative estimate of drug-likeness (QED) is 0.665. The molecule has 22 heavy (non-hydrogen) atoms. The molecular weight excluding hydrogens is 288 g/mol. The Morgan fingerprint density at radius 1 is 1.32 bits per heavy atom. The number of hydrogen-bond acceptors (Lipinski definition) is 4. The van der Waals surface area contributed by atoms with E-state index in [9.17, 15) is 24.8 Å². The normalized spacial score (nSPS) is 24.2. The standard InChI is InChI=1S/C15H16N2O5/c18-14-8-7-10-9(3-1-5-12(10)17(21)22)11-4-2-6-13(15(19)20)16(11)14/h1,3,5,11,13H,2,4,6-8H2,(H,19,20). The van der Waals surface area contributed by atoms with Crippen LogP contribution in [0.4, 0.5) is 5.69 Å². The minimum atomic E-state index is -1.01. The third-order valence-electron chi connectivity index (χ3n) is 4.53. The number of carboxylic acid groups (broad SMARTS) is 1. The van der Waals surface area contributed by atoms with Crippen molar-refractivity contribution in [1.82, 2.24) is 4.90 Å². The average Bonchev–Trinajstić information content (AvgIpc) is 2.64. The summed E-state index contributed by atoms with van der Waals surface area (Å²) < 4.78 is 0. The van der Waals surface area contributed by atoms with Crippen LogP contribution in [0.5, 0.6) is 0 Å². The van der Waals surface area contributed by atoms with E-state index >= 15 is 0 Å². The van der Waals surface area contributed by atoms with E-state index in [2.05, 4.69) is 0 Å². The Hall–Kier alpha value is -2.44. The number of nitro groups is 1. The molecule has 1 aromatic carbocycles. The van der Waals surface area contributed by atoms with Gasteiger partial charge in [-0.3, -0.25) is 14.9 Å². The average molecular weight is 304 g/mol. The molecule has 1 saturated heterocycles. The summed E-state index contributed by atoms with van der Waals surface area (Å²) in [6.45, 7) is 0. The van der Waals surface area contributed by atoms with Crippen molar-refractivity contribution in [2.75, 3.05) is 0 Å². The predicted octanol–water partition coefficient (Wildman–Crippen LogP) is 2.05. The van der Waals surface area contributed by atoms with Crippen LogP contribution >= 0.6 is 0 Å². The molecule has 1 amide bonds. The largest absolute Gasteiger partial charge is 0.480 e. The first-order valence-corrected chi connectivity index (χ1v) is 7.31.